The van der Waals surface area contributed by atoms with E-state index in [1.807, 2.05) is 40.7 Å². The second-order valence-electron chi connectivity index (χ2n) is 6.18. The van der Waals surface area contributed by atoms with Crippen molar-refractivity contribution in [3.8, 4) is 0 Å². The van der Waals surface area contributed by atoms with Gasteiger partial charge in [-0.1, -0.05) is 32.0 Å². The van der Waals surface area contributed by atoms with Crippen molar-refractivity contribution in [3.05, 3.63) is 35.9 Å². The average Bonchev–Trinajstić information content (AvgIpc) is 2.34. The predicted molar refractivity (Wildman–Crippen MR) is 78.4 cm³/mol. The summed E-state index contributed by atoms with van der Waals surface area (Å²) >= 11 is 0. The van der Waals surface area contributed by atoms with E-state index in [2.05, 4.69) is 5.32 Å². The Bertz CT molecular complexity index is 460. The zero-order valence-corrected chi connectivity index (χ0v) is 12.8. The molecule has 1 N–H and O–H groups in total. The number of benzene rings is 1. The number of rotatable bonds is 4. The van der Waals surface area contributed by atoms with Gasteiger partial charge in [-0.25, -0.2) is 4.79 Å². The van der Waals surface area contributed by atoms with Crippen LogP contribution in [0, 0.1) is 5.92 Å². The third kappa shape index (κ3) is 5.03. The summed E-state index contributed by atoms with van der Waals surface area (Å²) in [6.45, 7) is 9.38. The first-order valence-corrected chi connectivity index (χ1v) is 6.79. The summed E-state index contributed by atoms with van der Waals surface area (Å²) in [4.78, 5) is 24.2. The lowest BCUT2D eigenvalue weighted by atomic mass is 10.0. The van der Waals surface area contributed by atoms with Crippen LogP contribution in [0.15, 0.2) is 30.3 Å². The maximum Gasteiger partial charge on any atom is 0.338 e. The standard InChI is InChI=1S/C16H23NO3/c1-11(2)13(14(18)17-16(3,4)5)20-15(19)12-9-7-6-8-10-12/h6-11,13H,1-5H3,(H,17,18)/t13-/m0/s1. The summed E-state index contributed by atoms with van der Waals surface area (Å²) in [7, 11) is 0. The molecule has 0 unspecified atom stereocenters. The van der Waals surface area contributed by atoms with Gasteiger partial charge in [0.1, 0.15) is 0 Å². The maximum absolute atomic E-state index is 12.2. The van der Waals surface area contributed by atoms with Crippen LogP contribution in [-0.2, 0) is 9.53 Å². The van der Waals surface area contributed by atoms with Gasteiger partial charge in [0.05, 0.1) is 5.56 Å². The highest BCUT2D eigenvalue weighted by Gasteiger charge is 2.29. The second-order valence-corrected chi connectivity index (χ2v) is 6.18. The highest BCUT2D eigenvalue weighted by atomic mass is 16.5. The Morgan fingerprint density at radius 2 is 1.65 bits per heavy atom. The summed E-state index contributed by atoms with van der Waals surface area (Å²) in [5.74, 6) is -0.838. The zero-order chi connectivity index (χ0) is 15.3. The van der Waals surface area contributed by atoms with E-state index in [4.69, 9.17) is 4.74 Å². The third-order valence-electron chi connectivity index (χ3n) is 2.61. The molecule has 1 aromatic rings. The average molecular weight is 277 g/mol. The van der Waals surface area contributed by atoms with Crippen molar-refractivity contribution in [1.82, 2.24) is 5.32 Å². The number of carbonyl (C=O) groups excluding carboxylic acids is 2. The van der Waals surface area contributed by atoms with E-state index in [9.17, 15) is 9.59 Å². The molecule has 4 heteroatoms. The summed E-state index contributed by atoms with van der Waals surface area (Å²) in [6, 6.07) is 8.68. The molecule has 0 aliphatic heterocycles. The van der Waals surface area contributed by atoms with Crippen LogP contribution >= 0.6 is 0 Å². The lowest BCUT2D eigenvalue weighted by Gasteiger charge is -2.26. The van der Waals surface area contributed by atoms with Gasteiger partial charge >= 0.3 is 5.97 Å². The van der Waals surface area contributed by atoms with Crippen LogP contribution in [0.4, 0.5) is 0 Å². The number of hydrogen-bond donors (Lipinski definition) is 1. The first-order valence-electron chi connectivity index (χ1n) is 6.79. The van der Waals surface area contributed by atoms with Gasteiger partial charge in [-0.15, -0.1) is 0 Å². The zero-order valence-electron chi connectivity index (χ0n) is 12.8. The van der Waals surface area contributed by atoms with Crippen LogP contribution in [0.3, 0.4) is 0 Å². The Morgan fingerprint density at radius 1 is 1.10 bits per heavy atom. The van der Waals surface area contributed by atoms with Gasteiger partial charge in [-0.3, -0.25) is 4.79 Å². The summed E-state index contributed by atoms with van der Waals surface area (Å²) in [6.07, 6.45) is -0.790. The lowest BCUT2D eigenvalue weighted by Crippen LogP contribution is -2.48. The molecule has 0 aromatic heterocycles. The van der Waals surface area contributed by atoms with Gasteiger partial charge < -0.3 is 10.1 Å². The number of ether oxygens (including phenoxy) is 1. The summed E-state index contributed by atoms with van der Waals surface area (Å²) in [5.41, 5.74) is 0.0883. The van der Waals surface area contributed by atoms with E-state index in [-0.39, 0.29) is 17.4 Å². The molecule has 0 aliphatic rings. The van der Waals surface area contributed by atoms with E-state index in [0.29, 0.717) is 5.56 Å². The number of hydrogen-bond acceptors (Lipinski definition) is 3. The molecule has 0 radical (unpaired) electrons. The molecule has 0 saturated carbocycles. The van der Waals surface area contributed by atoms with Crippen molar-refractivity contribution < 1.29 is 14.3 Å². The van der Waals surface area contributed by atoms with E-state index < -0.39 is 12.1 Å². The van der Waals surface area contributed by atoms with Gasteiger partial charge in [0.25, 0.3) is 5.91 Å². The van der Waals surface area contributed by atoms with Crippen molar-refractivity contribution in [3.63, 3.8) is 0 Å². The van der Waals surface area contributed by atoms with Gasteiger partial charge in [0, 0.05) is 5.54 Å². The molecular formula is C16H23NO3. The van der Waals surface area contributed by atoms with Crippen molar-refractivity contribution >= 4 is 11.9 Å². The van der Waals surface area contributed by atoms with Crippen molar-refractivity contribution in [2.75, 3.05) is 0 Å². The number of carbonyl (C=O) groups is 2. The lowest BCUT2D eigenvalue weighted by molar-refractivity contribution is -0.133. The quantitative estimate of drug-likeness (QED) is 0.861. The molecule has 1 aromatic carbocycles. The fourth-order valence-corrected chi connectivity index (χ4v) is 1.69. The van der Waals surface area contributed by atoms with Gasteiger partial charge in [0.15, 0.2) is 6.10 Å². The first-order chi connectivity index (χ1) is 9.20. The third-order valence-corrected chi connectivity index (χ3v) is 2.61. The Labute approximate surface area is 120 Å². The Hall–Kier alpha value is -1.84. The smallest absolute Gasteiger partial charge is 0.338 e. The van der Waals surface area contributed by atoms with Crippen LogP contribution < -0.4 is 5.32 Å². The molecule has 4 nitrogen and oxygen atoms in total. The number of amides is 1. The monoisotopic (exact) mass is 277 g/mol. The van der Waals surface area contributed by atoms with Crippen LogP contribution in [0.5, 0.6) is 0 Å². The van der Waals surface area contributed by atoms with E-state index >= 15 is 0 Å². The Kier molecular flexibility index (Phi) is 5.31. The molecular weight excluding hydrogens is 254 g/mol. The van der Waals surface area contributed by atoms with E-state index in [0.717, 1.165) is 0 Å². The number of nitrogens with one attached hydrogen (secondary N) is 1. The van der Waals surface area contributed by atoms with Crippen LogP contribution in [0.2, 0.25) is 0 Å². The van der Waals surface area contributed by atoms with Gasteiger partial charge in [-0.05, 0) is 38.8 Å². The fourth-order valence-electron chi connectivity index (χ4n) is 1.69. The molecule has 1 atom stereocenters. The van der Waals surface area contributed by atoms with Gasteiger partial charge in [-0.2, -0.15) is 0 Å². The van der Waals surface area contributed by atoms with Crippen LogP contribution in [-0.4, -0.2) is 23.5 Å². The molecule has 0 heterocycles. The van der Waals surface area contributed by atoms with E-state index in [1.165, 1.54) is 0 Å². The summed E-state index contributed by atoms with van der Waals surface area (Å²) in [5, 5.41) is 2.84. The topological polar surface area (TPSA) is 55.4 Å². The van der Waals surface area contributed by atoms with Crippen LogP contribution in [0.1, 0.15) is 45.0 Å². The van der Waals surface area contributed by atoms with Gasteiger partial charge in [0.2, 0.25) is 0 Å². The maximum atomic E-state index is 12.2. The largest absolute Gasteiger partial charge is 0.448 e. The summed E-state index contributed by atoms with van der Waals surface area (Å²) < 4.78 is 5.35. The number of esters is 1. The minimum atomic E-state index is -0.790. The molecule has 1 rings (SSSR count). The fraction of sp³-hybridized carbons (Fsp3) is 0.500. The molecule has 20 heavy (non-hydrogen) atoms. The minimum absolute atomic E-state index is 0.0926. The SMILES string of the molecule is CC(C)[C@H](OC(=O)c1ccccc1)C(=O)NC(C)(C)C. The van der Waals surface area contributed by atoms with Crippen molar-refractivity contribution in [2.24, 2.45) is 5.92 Å². The minimum Gasteiger partial charge on any atom is -0.448 e. The normalized spacial score (nSPS) is 12.9. The molecule has 0 saturated heterocycles. The highest BCUT2D eigenvalue weighted by molar-refractivity contribution is 5.92. The second kappa shape index (κ2) is 6.55. The molecule has 0 spiro atoms. The molecule has 0 fully saturated rings. The molecule has 0 bridgehead atoms. The van der Waals surface area contributed by atoms with E-state index in [1.54, 1.807) is 24.3 Å². The molecule has 110 valence electrons. The van der Waals surface area contributed by atoms with Crippen molar-refractivity contribution in [1.29, 1.82) is 0 Å². The van der Waals surface area contributed by atoms with Crippen molar-refractivity contribution in [2.45, 2.75) is 46.3 Å². The Balaban J connectivity index is 2.78. The highest BCUT2D eigenvalue weighted by Crippen LogP contribution is 2.12. The first kappa shape index (κ1) is 16.2. The Morgan fingerprint density at radius 3 is 2.10 bits per heavy atom. The van der Waals surface area contributed by atoms with Crippen LogP contribution in [0.25, 0.3) is 0 Å². The predicted octanol–water partition coefficient (Wildman–Crippen LogP) is 2.78. The molecule has 1 amide bonds. The molecule has 0 aliphatic carbocycles.